The topological polar surface area (TPSA) is 61.2 Å². The molecule has 0 saturated carbocycles. The van der Waals surface area contributed by atoms with E-state index in [0.29, 0.717) is 11.3 Å². The quantitative estimate of drug-likeness (QED) is 0.465. The molecule has 4 atom stereocenters. The van der Waals surface area contributed by atoms with Crippen molar-refractivity contribution in [2.75, 3.05) is 4.90 Å². The van der Waals surface area contributed by atoms with E-state index in [1.54, 1.807) is 24.3 Å². The summed E-state index contributed by atoms with van der Waals surface area (Å²) in [6, 6.07) is 28.5. The highest BCUT2D eigenvalue weighted by atomic mass is 16.2. The smallest absolute Gasteiger partial charge is 0.238 e. The summed E-state index contributed by atoms with van der Waals surface area (Å²) in [5.41, 5.74) is 3.07. The number of benzene rings is 3. The monoisotopic (exact) mass is 404 g/mol. The molecule has 0 radical (unpaired) electrons. The third-order valence-electron chi connectivity index (χ3n) is 6.32. The molecule has 150 valence electrons. The molecule has 1 fully saturated rings. The summed E-state index contributed by atoms with van der Waals surface area (Å²) < 4.78 is 0. The lowest BCUT2D eigenvalue weighted by Gasteiger charge is -2.32. The number of carbonyl (C=O) groups is 2. The number of rotatable bonds is 3. The van der Waals surface area contributed by atoms with Crippen LogP contribution in [0, 0.1) is 23.2 Å². The van der Waals surface area contributed by atoms with E-state index in [0.717, 1.165) is 11.1 Å². The summed E-state index contributed by atoms with van der Waals surface area (Å²) >= 11 is 0. The number of amides is 2. The number of carbonyl (C=O) groups excluding carboxylic acids is 2. The summed E-state index contributed by atoms with van der Waals surface area (Å²) in [6.07, 6.45) is 4.17. The van der Waals surface area contributed by atoms with Crippen molar-refractivity contribution in [3.05, 3.63) is 114 Å². The first-order valence-electron chi connectivity index (χ1n) is 10.4. The number of anilines is 1. The molecule has 4 nitrogen and oxygen atoms in total. The molecule has 2 aliphatic rings. The Morgan fingerprint density at radius 2 is 1.10 bits per heavy atom. The average molecular weight is 404 g/mol. The van der Waals surface area contributed by atoms with Crippen molar-refractivity contribution < 1.29 is 9.59 Å². The van der Waals surface area contributed by atoms with E-state index < -0.39 is 11.8 Å². The maximum absolute atomic E-state index is 13.7. The Morgan fingerprint density at radius 1 is 0.645 bits per heavy atom. The SMILES string of the molecule is N#Cc1ccc(N2C(=O)[C@H]3[C@H](C2=O)[C@H](c2ccccc2)C=C[C@@H]3c2ccccc2)cc1. The molecule has 31 heavy (non-hydrogen) atoms. The maximum atomic E-state index is 13.7. The standard InChI is InChI=1S/C27H20N2O2/c28-17-18-11-13-21(14-12-18)29-26(30)24-22(19-7-3-1-4-8-19)15-16-23(25(24)27(29)31)20-9-5-2-6-10-20/h1-16,22-25H/t22-,23+,24-,25-/m1/s1. The molecule has 1 heterocycles. The van der Waals surface area contributed by atoms with E-state index in [4.69, 9.17) is 5.26 Å². The molecule has 1 saturated heterocycles. The van der Waals surface area contributed by atoms with Crippen LogP contribution in [0.25, 0.3) is 0 Å². The minimum atomic E-state index is -0.472. The molecule has 1 aliphatic heterocycles. The van der Waals surface area contributed by atoms with Gasteiger partial charge in [-0.2, -0.15) is 5.26 Å². The number of nitrogens with zero attached hydrogens (tertiary/aromatic N) is 2. The highest BCUT2D eigenvalue weighted by Gasteiger charge is 2.55. The van der Waals surface area contributed by atoms with Gasteiger partial charge in [-0.3, -0.25) is 9.59 Å². The summed E-state index contributed by atoms with van der Waals surface area (Å²) in [4.78, 5) is 28.7. The lowest BCUT2D eigenvalue weighted by Crippen LogP contribution is -2.31. The van der Waals surface area contributed by atoms with E-state index >= 15 is 0 Å². The molecular weight excluding hydrogens is 384 g/mol. The van der Waals surface area contributed by atoms with Crippen LogP contribution in [-0.2, 0) is 9.59 Å². The Hall–Kier alpha value is -3.97. The highest BCUT2D eigenvalue weighted by molar-refractivity contribution is 6.23. The Morgan fingerprint density at radius 3 is 1.52 bits per heavy atom. The van der Waals surface area contributed by atoms with Crippen LogP contribution in [0.15, 0.2) is 97.1 Å². The van der Waals surface area contributed by atoms with Crippen LogP contribution < -0.4 is 4.90 Å². The molecule has 3 aromatic carbocycles. The first-order valence-corrected chi connectivity index (χ1v) is 10.4. The zero-order valence-corrected chi connectivity index (χ0v) is 16.8. The van der Waals surface area contributed by atoms with Crippen LogP contribution in [0.1, 0.15) is 28.5 Å². The Kier molecular flexibility index (Phi) is 4.72. The van der Waals surface area contributed by atoms with Crippen molar-refractivity contribution in [2.24, 2.45) is 11.8 Å². The van der Waals surface area contributed by atoms with Gasteiger partial charge in [0, 0.05) is 11.8 Å². The molecule has 0 spiro atoms. The van der Waals surface area contributed by atoms with Crippen LogP contribution in [0.5, 0.6) is 0 Å². The van der Waals surface area contributed by atoms with Crippen LogP contribution >= 0.6 is 0 Å². The molecule has 0 unspecified atom stereocenters. The number of hydrogen-bond acceptors (Lipinski definition) is 3. The summed E-state index contributed by atoms with van der Waals surface area (Å²) in [6.45, 7) is 0. The summed E-state index contributed by atoms with van der Waals surface area (Å²) in [5.74, 6) is -1.63. The predicted octanol–water partition coefficient (Wildman–Crippen LogP) is 4.80. The second-order valence-corrected chi connectivity index (χ2v) is 7.98. The molecule has 1 aliphatic carbocycles. The molecule has 0 aromatic heterocycles. The first kappa shape index (κ1) is 19.0. The number of allylic oxidation sites excluding steroid dienone is 2. The van der Waals surface area contributed by atoms with Gasteiger partial charge < -0.3 is 0 Å². The van der Waals surface area contributed by atoms with Gasteiger partial charge in [-0.25, -0.2) is 4.90 Å². The predicted molar refractivity (Wildman–Crippen MR) is 118 cm³/mol. The van der Waals surface area contributed by atoms with Gasteiger partial charge in [0.2, 0.25) is 11.8 Å². The fraction of sp³-hybridized carbons (Fsp3) is 0.148. The van der Waals surface area contributed by atoms with Gasteiger partial charge in [-0.1, -0.05) is 72.8 Å². The molecule has 0 bridgehead atoms. The highest BCUT2D eigenvalue weighted by Crippen LogP contribution is 2.50. The number of nitriles is 1. The maximum Gasteiger partial charge on any atom is 0.238 e. The van der Waals surface area contributed by atoms with Crippen LogP contribution in [0.2, 0.25) is 0 Å². The van der Waals surface area contributed by atoms with Crippen LogP contribution in [-0.4, -0.2) is 11.8 Å². The van der Waals surface area contributed by atoms with Crippen LogP contribution in [0.4, 0.5) is 5.69 Å². The van der Waals surface area contributed by atoms with Gasteiger partial charge in [0.05, 0.1) is 29.2 Å². The minimum absolute atomic E-state index is 0.161. The van der Waals surface area contributed by atoms with Crippen molar-refractivity contribution >= 4 is 17.5 Å². The molecule has 3 aromatic rings. The van der Waals surface area contributed by atoms with E-state index in [1.165, 1.54) is 4.90 Å². The van der Waals surface area contributed by atoms with E-state index in [-0.39, 0.29) is 23.7 Å². The minimum Gasteiger partial charge on any atom is -0.274 e. The second kappa shape index (κ2) is 7.70. The van der Waals surface area contributed by atoms with Crippen molar-refractivity contribution in [3.63, 3.8) is 0 Å². The zero-order valence-electron chi connectivity index (χ0n) is 16.8. The van der Waals surface area contributed by atoms with Crippen molar-refractivity contribution in [1.82, 2.24) is 0 Å². The number of fused-ring (bicyclic) bond motifs is 1. The largest absolute Gasteiger partial charge is 0.274 e. The Labute approximate surface area is 181 Å². The Balaban J connectivity index is 1.61. The molecule has 2 amide bonds. The van der Waals surface area contributed by atoms with Gasteiger partial charge in [-0.05, 0) is 35.4 Å². The Bertz CT molecular complexity index is 1130. The van der Waals surface area contributed by atoms with Crippen molar-refractivity contribution in [3.8, 4) is 6.07 Å². The van der Waals surface area contributed by atoms with E-state index in [9.17, 15) is 9.59 Å². The fourth-order valence-electron chi connectivity index (χ4n) is 4.87. The van der Waals surface area contributed by atoms with Gasteiger partial charge in [0.15, 0.2) is 0 Å². The molecule has 5 rings (SSSR count). The molecule has 0 N–H and O–H groups in total. The second-order valence-electron chi connectivity index (χ2n) is 7.98. The normalized spacial score (nSPS) is 24.7. The summed E-state index contributed by atoms with van der Waals surface area (Å²) in [5, 5.41) is 9.08. The zero-order chi connectivity index (χ0) is 21.4. The van der Waals surface area contributed by atoms with Crippen molar-refractivity contribution in [2.45, 2.75) is 11.8 Å². The van der Waals surface area contributed by atoms with E-state index in [1.807, 2.05) is 60.7 Å². The van der Waals surface area contributed by atoms with Gasteiger partial charge >= 0.3 is 0 Å². The number of hydrogen-bond donors (Lipinski definition) is 0. The van der Waals surface area contributed by atoms with Gasteiger partial charge in [-0.15, -0.1) is 0 Å². The van der Waals surface area contributed by atoms with Gasteiger partial charge in [0.1, 0.15) is 0 Å². The molecular formula is C27H20N2O2. The molecule has 4 heteroatoms. The third-order valence-corrected chi connectivity index (χ3v) is 6.32. The fourth-order valence-corrected chi connectivity index (χ4v) is 4.87. The third kappa shape index (κ3) is 3.15. The first-order chi connectivity index (χ1) is 15.2. The number of imide groups is 1. The van der Waals surface area contributed by atoms with E-state index in [2.05, 4.69) is 18.2 Å². The lowest BCUT2D eigenvalue weighted by molar-refractivity contribution is -0.122. The van der Waals surface area contributed by atoms with Crippen LogP contribution in [0.3, 0.4) is 0 Å². The van der Waals surface area contributed by atoms with Gasteiger partial charge in [0.25, 0.3) is 0 Å². The summed E-state index contributed by atoms with van der Waals surface area (Å²) in [7, 11) is 0. The lowest BCUT2D eigenvalue weighted by atomic mass is 9.68. The van der Waals surface area contributed by atoms with Crippen molar-refractivity contribution in [1.29, 1.82) is 5.26 Å². The average Bonchev–Trinajstić information content (AvgIpc) is 3.10.